The highest BCUT2D eigenvalue weighted by molar-refractivity contribution is 9.10. The third-order valence-corrected chi connectivity index (χ3v) is 3.51. The second-order valence-corrected chi connectivity index (χ2v) is 6.57. The van der Waals surface area contributed by atoms with Crippen LogP contribution in [-0.4, -0.2) is 10.5 Å². The fourth-order valence-electron chi connectivity index (χ4n) is 1.04. The van der Waals surface area contributed by atoms with Crippen LogP contribution in [-0.2, 0) is 0 Å². The van der Waals surface area contributed by atoms with Gasteiger partial charge in [0.05, 0.1) is 10.9 Å². The second kappa shape index (κ2) is 5.47. The van der Waals surface area contributed by atoms with Crippen molar-refractivity contribution in [3.63, 3.8) is 0 Å². The molecule has 0 aliphatic heterocycles. The second-order valence-electron chi connectivity index (χ2n) is 4.61. The van der Waals surface area contributed by atoms with Gasteiger partial charge in [-0.25, -0.2) is 9.37 Å². The lowest BCUT2D eigenvalue weighted by atomic mass is 10.1. The van der Waals surface area contributed by atoms with Crippen LogP contribution in [0.5, 0.6) is 0 Å². The summed E-state index contributed by atoms with van der Waals surface area (Å²) in [6.45, 7) is 8.13. The lowest BCUT2D eigenvalue weighted by Crippen LogP contribution is -2.30. The van der Waals surface area contributed by atoms with Crippen molar-refractivity contribution in [2.75, 3.05) is 0 Å². The summed E-state index contributed by atoms with van der Waals surface area (Å²) in [5.74, 6) is -0.265. The minimum absolute atomic E-state index is 0.00140. The van der Waals surface area contributed by atoms with E-state index in [1.165, 1.54) is 18.0 Å². The average Bonchev–Trinajstić information content (AvgIpc) is 2.17. The molecule has 1 aromatic rings. The number of nitrogens with zero attached hydrogens (tertiary/aromatic N) is 1. The molecular weight excluding hydrogens is 291 g/mol. The summed E-state index contributed by atoms with van der Waals surface area (Å²) in [4.78, 5) is 4.15. The van der Waals surface area contributed by atoms with E-state index in [1.807, 2.05) is 6.92 Å². The normalized spacial score (nSPS) is 13.9. The van der Waals surface area contributed by atoms with Gasteiger partial charge in [0, 0.05) is 5.54 Å². The number of halogens is 2. The standard InChI is InChI=1S/C11H16BrFN2S/c1-7(16-15-11(2,3)4)10-8(13)5-6-9(12)14-10/h5-7,15H,1-4H3. The first-order valence-electron chi connectivity index (χ1n) is 5.04. The Morgan fingerprint density at radius 3 is 2.62 bits per heavy atom. The third-order valence-electron chi connectivity index (χ3n) is 1.77. The molecule has 0 spiro atoms. The molecule has 2 nitrogen and oxygen atoms in total. The van der Waals surface area contributed by atoms with Crippen molar-refractivity contribution in [1.82, 2.24) is 9.71 Å². The zero-order valence-electron chi connectivity index (χ0n) is 9.84. The highest BCUT2D eigenvalue weighted by Gasteiger charge is 2.17. The van der Waals surface area contributed by atoms with Crippen LogP contribution < -0.4 is 4.72 Å². The lowest BCUT2D eigenvalue weighted by molar-refractivity contribution is 0.533. The minimum Gasteiger partial charge on any atom is -0.258 e. The summed E-state index contributed by atoms with van der Waals surface area (Å²) in [5, 5.41) is -0.0308. The molecule has 1 N–H and O–H groups in total. The number of hydrogen-bond donors (Lipinski definition) is 1. The van der Waals surface area contributed by atoms with E-state index in [4.69, 9.17) is 0 Å². The van der Waals surface area contributed by atoms with Crippen molar-refractivity contribution >= 4 is 27.9 Å². The highest BCUT2D eigenvalue weighted by Crippen LogP contribution is 2.28. The first-order chi connectivity index (χ1) is 7.29. The molecule has 0 aliphatic carbocycles. The topological polar surface area (TPSA) is 24.9 Å². The van der Waals surface area contributed by atoms with Gasteiger partial charge < -0.3 is 0 Å². The van der Waals surface area contributed by atoms with Crippen LogP contribution in [0.1, 0.15) is 38.6 Å². The summed E-state index contributed by atoms with van der Waals surface area (Å²) in [6.07, 6.45) is 0. The Balaban J connectivity index is 2.73. The van der Waals surface area contributed by atoms with Gasteiger partial charge in [0.25, 0.3) is 0 Å². The Morgan fingerprint density at radius 1 is 1.44 bits per heavy atom. The summed E-state index contributed by atoms with van der Waals surface area (Å²) in [5.41, 5.74) is 0.470. The number of aromatic nitrogens is 1. The molecule has 0 saturated heterocycles. The van der Waals surface area contributed by atoms with Gasteiger partial charge in [-0.3, -0.25) is 4.72 Å². The molecule has 0 aromatic carbocycles. The molecular formula is C11H16BrFN2S. The van der Waals surface area contributed by atoms with Crippen molar-refractivity contribution < 1.29 is 4.39 Å². The van der Waals surface area contributed by atoms with E-state index in [0.717, 1.165) is 0 Å². The number of nitrogens with one attached hydrogen (secondary N) is 1. The van der Waals surface area contributed by atoms with Gasteiger partial charge in [-0.15, -0.1) is 0 Å². The summed E-state index contributed by atoms with van der Waals surface area (Å²) >= 11 is 4.73. The van der Waals surface area contributed by atoms with Crippen LogP contribution in [0.4, 0.5) is 4.39 Å². The quantitative estimate of drug-likeness (QED) is 0.673. The Labute approximate surface area is 109 Å². The van der Waals surface area contributed by atoms with E-state index in [0.29, 0.717) is 10.3 Å². The molecule has 90 valence electrons. The van der Waals surface area contributed by atoms with Crippen LogP contribution >= 0.6 is 27.9 Å². The van der Waals surface area contributed by atoms with Gasteiger partial charge in [0.2, 0.25) is 0 Å². The molecule has 0 saturated carbocycles. The first kappa shape index (κ1) is 13.9. The van der Waals surface area contributed by atoms with E-state index < -0.39 is 0 Å². The largest absolute Gasteiger partial charge is 0.258 e. The molecule has 0 fully saturated rings. The zero-order chi connectivity index (χ0) is 12.3. The number of rotatable bonds is 3. The maximum Gasteiger partial charge on any atom is 0.145 e. The van der Waals surface area contributed by atoms with Gasteiger partial charge >= 0.3 is 0 Å². The predicted molar refractivity (Wildman–Crippen MR) is 70.8 cm³/mol. The van der Waals surface area contributed by atoms with Crippen LogP contribution in [0.2, 0.25) is 0 Å². The van der Waals surface area contributed by atoms with Crippen molar-refractivity contribution in [1.29, 1.82) is 0 Å². The lowest BCUT2D eigenvalue weighted by Gasteiger charge is -2.22. The third kappa shape index (κ3) is 4.39. The maximum atomic E-state index is 13.5. The van der Waals surface area contributed by atoms with Gasteiger partial charge in [0.1, 0.15) is 10.4 Å². The molecule has 0 aliphatic rings. The van der Waals surface area contributed by atoms with Crippen molar-refractivity contribution in [3.8, 4) is 0 Å². The van der Waals surface area contributed by atoms with E-state index in [2.05, 4.69) is 46.4 Å². The zero-order valence-corrected chi connectivity index (χ0v) is 12.2. The minimum atomic E-state index is -0.265. The maximum absolute atomic E-state index is 13.5. The SMILES string of the molecule is CC(SNC(C)(C)C)c1nc(Br)ccc1F. The fourth-order valence-corrected chi connectivity index (χ4v) is 2.17. The highest BCUT2D eigenvalue weighted by atomic mass is 79.9. The molecule has 1 unspecified atom stereocenters. The summed E-state index contributed by atoms with van der Waals surface area (Å²) in [6, 6.07) is 3.04. The number of pyridine rings is 1. The van der Waals surface area contributed by atoms with Crippen molar-refractivity contribution in [2.24, 2.45) is 0 Å². The molecule has 0 bridgehead atoms. The predicted octanol–water partition coefficient (Wildman–Crippen LogP) is 4.08. The molecule has 5 heteroatoms. The van der Waals surface area contributed by atoms with Crippen LogP contribution in [0.25, 0.3) is 0 Å². The van der Waals surface area contributed by atoms with Crippen molar-refractivity contribution in [2.45, 2.75) is 38.5 Å². The molecule has 1 rings (SSSR count). The van der Waals surface area contributed by atoms with Crippen LogP contribution in [0, 0.1) is 5.82 Å². The Kier molecular flexibility index (Phi) is 4.76. The monoisotopic (exact) mass is 306 g/mol. The van der Waals surface area contributed by atoms with E-state index in [1.54, 1.807) is 6.07 Å². The number of hydrogen-bond acceptors (Lipinski definition) is 3. The van der Waals surface area contributed by atoms with Crippen LogP contribution in [0.15, 0.2) is 16.7 Å². The van der Waals surface area contributed by atoms with Gasteiger partial charge in [-0.1, -0.05) is 11.9 Å². The fraction of sp³-hybridized carbons (Fsp3) is 0.545. The molecule has 16 heavy (non-hydrogen) atoms. The summed E-state index contributed by atoms with van der Waals surface area (Å²) < 4.78 is 17.4. The van der Waals surface area contributed by atoms with Crippen LogP contribution in [0.3, 0.4) is 0 Å². The average molecular weight is 307 g/mol. The van der Waals surface area contributed by atoms with Crippen molar-refractivity contribution in [3.05, 3.63) is 28.2 Å². The van der Waals surface area contributed by atoms with E-state index >= 15 is 0 Å². The molecule has 0 amide bonds. The van der Waals surface area contributed by atoms with E-state index in [-0.39, 0.29) is 16.6 Å². The van der Waals surface area contributed by atoms with Gasteiger partial charge in [-0.05, 0) is 55.8 Å². The molecule has 0 radical (unpaired) electrons. The molecule has 1 heterocycles. The Bertz CT molecular complexity index is 365. The molecule has 1 aromatic heterocycles. The molecule has 1 atom stereocenters. The summed E-state index contributed by atoms with van der Waals surface area (Å²) in [7, 11) is 0. The van der Waals surface area contributed by atoms with Gasteiger partial charge in [-0.2, -0.15) is 0 Å². The van der Waals surface area contributed by atoms with Gasteiger partial charge in [0.15, 0.2) is 0 Å². The smallest absolute Gasteiger partial charge is 0.145 e. The Morgan fingerprint density at radius 2 is 2.06 bits per heavy atom. The van der Waals surface area contributed by atoms with E-state index in [9.17, 15) is 4.39 Å². The Hall–Kier alpha value is -0.130. The first-order valence-corrected chi connectivity index (χ1v) is 6.71.